The molecule has 8 heteroatoms. The van der Waals surface area contributed by atoms with E-state index in [9.17, 15) is 16.8 Å². The molecule has 148 valence electrons. The molecule has 2 N–H and O–H groups in total. The smallest absolute Gasteiger partial charge is 0.261 e. The second-order valence-corrected chi connectivity index (χ2v) is 10.2. The van der Waals surface area contributed by atoms with Crippen LogP contribution in [0.15, 0.2) is 58.3 Å². The van der Waals surface area contributed by atoms with E-state index in [0.29, 0.717) is 11.6 Å². The second-order valence-electron chi connectivity index (χ2n) is 6.78. The molecule has 2 rings (SSSR count). The Bertz CT molecular complexity index is 965. The van der Waals surface area contributed by atoms with E-state index < -0.39 is 20.0 Å². The summed E-state index contributed by atoms with van der Waals surface area (Å²) in [6.45, 7) is 7.63. The van der Waals surface area contributed by atoms with Crippen LogP contribution >= 0.6 is 0 Å². The molecule has 6 nitrogen and oxygen atoms in total. The zero-order chi connectivity index (χ0) is 20.2. The molecule has 0 aromatic heterocycles. The molecule has 27 heavy (non-hydrogen) atoms. The van der Waals surface area contributed by atoms with Crippen molar-refractivity contribution < 1.29 is 16.8 Å². The summed E-state index contributed by atoms with van der Waals surface area (Å²) in [6.07, 6.45) is 0.977. The number of hydrogen-bond donors (Lipinski definition) is 2. The molecular weight excluding hydrogens is 384 g/mol. The van der Waals surface area contributed by atoms with Crippen LogP contribution in [0.1, 0.15) is 45.6 Å². The minimum absolute atomic E-state index is 0.0806. The SMILES string of the molecule is CCC(C)c1ccc(S(=O)(=O)Nc2ccc(S(=O)(=O)NC(C)C)cc2)cc1. The van der Waals surface area contributed by atoms with Gasteiger partial charge in [0.2, 0.25) is 10.0 Å². The van der Waals surface area contributed by atoms with Crippen molar-refractivity contribution in [3.8, 4) is 0 Å². The number of sulfonamides is 2. The van der Waals surface area contributed by atoms with Gasteiger partial charge in [0.15, 0.2) is 0 Å². The van der Waals surface area contributed by atoms with E-state index in [1.54, 1.807) is 26.0 Å². The normalized spacial score (nSPS) is 13.5. The lowest BCUT2D eigenvalue weighted by Crippen LogP contribution is -2.30. The minimum Gasteiger partial charge on any atom is -0.280 e. The van der Waals surface area contributed by atoms with Gasteiger partial charge < -0.3 is 0 Å². The molecule has 0 aliphatic heterocycles. The van der Waals surface area contributed by atoms with Crippen molar-refractivity contribution in [3.63, 3.8) is 0 Å². The summed E-state index contributed by atoms with van der Waals surface area (Å²) in [6, 6.07) is 12.2. The first kappa shape index (κ1) is 21.4. The van der Waals surface area contributed by atoms with Gasteiger partial charge in [0.1, 0.15) is 0 Å². The highest BCUT2D eigenvalue weighted by Crippen LogP contribution is 2.22. The monoisotopic (exact) mass is 410 g/mol. The summed E-state index contributed by atoms with van der Waals surface area (Å²) in [5.41, 5.74) is 1.38. The van der Waals surface area contributed by atoms with E-state index in [1.807, 2.05) is 12.1 Å². The lowest BCUT2D eigenvalue weighted by Gasteiger charge is -2.12. The van der Waals surface area contributed by atoms with Gasteiger partial charge in [0, 0.05) is 11.7 Å². The molecule has 0 amide bonds. The van der Waals surface area contributed by atoms with Crippen LogP contribution in [0.4, 0.5) is 5.69 Å². The molecule has 0 saturated heterocycles. The van der Waals surface area contributed by atoms with Crippen molar-refractivity contribution >= 4 is 25.7 Å². The molecule has 0 saturated carbocycles. The molecule has 2 aromatic rings. The van der Waals surface area contributed by atoms with Gasteiger partial charge in [-0.2, -0.15) is 0 Å². The van der Waals surface area contributed by atoms with Crippen molar-refractivity contribution in [2.45, 2.75) is 55.9 Å². The lowest BCUT2D eigenvalue weighted by atomic mass is 9.99. The summed E-state index contributed by atoms with van der Waals surface area (Å²) in [5, 5.41) is 0. The second kappa shape index (κ2) is 8.41. The third-order valence-electron chi connectivity index (χ3n) is 4.18. The zero-order valence-electron chi connectivity index (χ0n) is 15.9. The molecule has 0 radical (unpaired) electrons. The first-order valence-electron chi connectivity index (χ1n) is 8.80. The van der Waals surface area contributed by atoms with Crippen LogP contribution < -0.4 is 9.44 Å². The maximum Gasteiger partial charge on any atom is 0.261 e. The van der Waals surface area contributed by atoms with E-state index in [0.717, 1.165) is 12.0 Å². The first-order chi connectivity index (χ1) is 12.5. The molecule has 0 bridgehead atoms. The van der Waals surface area contributed by atoms with Gasteiger partial charge in [0.05, 0.1) is 9.79 Å². The molecule has 0 spiro atoms. The van der Waals surface area contributed by atoms with E-state index in [2.05, 4.69) is 23.3 Å². The fourth-order valence-corrected chi connectivity index (χ4v) is 4.82. The molecular formula is C19H26N2O4S2. The predicted octanol–water partition coefficient (Wildman–Crippen LogP) is 3.69. The highest BCUT2D eigenvalue weighted by molar-refractivity contribution is 7.92. The van der Waals surface area contributed by atoms with Gasteiger partial charge in [0.25, 0.3) is 10.0 Å². The van der Waals surface area contributed by atoms with Crippen LogP contribution in [0.3, 0.4) is 0 Å². The number of benzene rings is 2. The molecule has 0 fully saturated rings. The van der Waals surface area contributed by atoms with E-state index in [1.165, 1.54) is 24.3 Å². The average Bonchev–Trinajstić information content (AvgIpc) is 2.60. The Morgan fingerprint density at radius 3 is 1.74 bits per heavy atom. The number of nitrogens with one attached hydrogen (secondary N) is 2. The highest BCUT2D eigenvalue weighted by Gasteiger charge is 2.17. The quantitative estimate of drug-likeness (QED) is 0.694. The van der Waals surface area contributed by atoms with Crippen molar-refractivity contribution in [2.24, 2.45) is 0 Å². The van der Waals surface area contributed by atoms with Gasteiger partial charge >= 0.3 is 0 Å². The van der Waals surface area contributed by atoms with Gasteiger partial charge in [-0.1, -0.05) is 26.0 Å². The molecule has 0 heterocycles. The van der Waals surface area contributed by atoms with E-state index >= 15 is 0 Å². The van der Waals surface area contributed by atoms with Crippen LogP contribution in [0.2, 0.25) is 0 Å². The Morgan fingerprint density at radius 2 is 1.26 bits per heavy atom. The number of anilines is 1. The predicted molar refractivity (Wildman–Crippen MR) is 108 cm³/mol. The summed E-state index contributed by atoms with van der Waals surface area (Å²) in [4.78, 5) is 0.241. The Labute approximate surface area is 162 Å². The molecule has 2 aromatic carbocycles. The largest absolute Gasteiger partial charge is 0.280 e. The molecule has 0 aliphatic rings. The Morgan fingerprint density at radius 1 is 0.778 bits per heavy atom. The van der Waals surface area contributed by atoms with Crippen molar-refractivity contribution in [2.75, 3.05) is 4.72 Å². The van der Waals surface area contributed by atoms with Crippen LogP contribution in [0, 0.1) is 0 Å². The summed E-state index contributed by atoms with van der Waals surface area (Å²) < 4.78 is 54.3. The maximum absolute atomic E-state index is 12.5. The fourth-order valence-electron chi connectivity index (χ4n) is 2.51. The number of hydrogen-bond acceptors (Lipinski definition) is 4. The zero-order valence-corrected chi connectivity index (χ0v) is 17.6. The summed E-state index contributed by atoms with van der Waals surface area (Å²) >= 11 is 0. The molecule has 1 unspecified atom stereocenters. The molecule has 0 aliphatic carbocycles. The topological polar surface area (TPSA) is 92.3 Å². The van der Waals surface area contributed by atoms with Gasteiger partial charge in [-0.15, -0.1) is 0 Å². The fraction of sp³-hybridized carbons (Fsp3) is 0.368. The standard InChI is InChI=1S/C19H26N2O4S2/c1-5-15(4)16-6-10-18(11-7-16)27(24,25)21-17-8-12-19(13-9-17)26(22,23)20-14(2)3/h6-15,20-21H,5H2,1-4H3. The van der Waals surface area contributed by atoms with Gasteiger partial charge in [-0.25, -0.2) is 21.6 Å². The third-order valence-corrected chi connectivity index (χ3v) is 7.25. The van der Waals surface area contributed by atoms with Crippen LogP contribution in [0.5, 0.6) is 0 Å². The average molecular weight is 411 g/mol. The van der Waals surface area contributed by atoms with Crippen molar-refractivity contribution in [1.82, 2.24) is 4.72 Å². The highest BCUT2D eigenvalue weighted by atomic mass is 32.2. The van der Waals surface area contributed by atoms with Gasteiger partial charge in [-0.05, 0) is 68.1 Å². The number of rotatable bonds is 8. The lowest BCUT2D eigenvalue weighted by molar-refractivity contribution is 0.570. The van der Waals surface area contributed by atoms with E-state index in [4.69, 9.17) is 0 Å². The van der Waals surface area contributed by atoms with Crippen molar-refractivity contribution in [1.29, 1.82) is 0 Å². The Kier molecular flexibility index (Phi) is 6.67. The Balaban J connectivity index is 2.18. The van der Waals surface area contributed by atoms with Crippen LogP contribution in [0.25, 0.3) is 0 Å². The maximum atomic E-state index is 12.5. The Hall–Kier alpha value is -1.90. The van der Waals surface area contributed by atoms with E-state index in [-0.39, 0.29) is 15.8 Å². The first-order valence-corrected chi connectivity index (χ1v) is 11.8. The van der Waals surface area contributed by atoms with Crippen LogP contribution in [-0.4, -0.2) is 22.9 Å². The summed E-state index contributed by atoms with van der Waals surface area (Å²) in [5.74, 6) is 0.364. The van der Waals surface area contributed by atoms with Gasteiger partial charge in [-0.3, -0.25) is 4.72 Å². The third kappa shape index (κ3) is 5.54. The van der Waals surface area contributed by atoms with Crippen LogP contribution in [-0.2, 0) is 20.0 Å². The summed E-state index contributed by atoms with van der Waals surface area (Å²) in [7, 11) is -7.36. The van der Waals surface area contributed by atoms with Crippen molar-refractivity contribution in [3.05, 3.63) is 54.1 Å². The minimum atomic E-state index is -3.74. The molecule has 1 atom stereocenters.